The highest BCUT2D eigenvalue weighted by molar-refractivity contribution is 7.92. The smallest absolute Gasteiger partial charge is 0.264 e. The number of nitrogens with zero attached hydrogens (tertiary/aromatic N) is 1. The van der Waals surface area contributed by atoms with E-state index in [1.165, 1.54) is 4.31 Å². The molecular weight excluding hydrogens is 334 g/mol. The van der Waals surface area contributed by atoms with Crippen molar-refractivity contribution in [2.45, 2.75) is 32.6 Å². The van der Waals surface area contributed by atoms with Gasteiger partial charge in [0.25, 0.3) is 10.0 Å². The molecule has 0 bridgehead atoms. The molecule has 0 amide bonds. The summed E-state index contributed by atoms with van der Waals surface area (Å²) in [7, 11) is -2.15. The number of rotatable bonds is 6. The highest BCUT2D eigenvalue weighted by Gasteiger charge is 2.27. The van der Waals surface area contributed by atoms with E-state index in [-0.39, 0.29) is 11.4 Å². The van der Waals surface area contributed by atoms with Crippen molar-refractivity contribution in [3.05, 3.63) is 65.2 Å². The van der Waals surface area contributed by atoms with E-state index in [9.17, 15) is 8.42 Å². The van der Waals surface area contributed by atoms with Gasteiger partial charge in [-0.1, -0.05) is 23.8 Å². The van der Waals surface area contributed by atoms with Gasteiger partial charge in [0.05, 0.1) is 24.2 Å². The minimum Gasteiger partial charge on any atom is -0.496 e. The van der Waals surface area contributed by atoms with Crippen molar-refractivity contribution in [1.82, 2.24) is 0 Å². The van der Waals surface area contributed by atoms with E-state index in [0.717, 1.165) is 22.3 Å². The zero-order valence-corrected chi connectivity index (χ0v) is 16.3. The molecule has 4 nitrogen and oxygen atoms in total. The van der Waals surface area contributed by atoms with Gasteiger partial charge in [-0.15, -0.1) is 6.58 Å². The van der Waals surface area contributed by atoms with Gasteiger partial charge in [0.2, 0.25) is 0 Å². The van der Waals surface area contributed by atoms with Crippen molar-refractivity contribution in [3.63, 3.8) is 0 Å². The largest absolute Gasteiger partial charge is 0.496 e. The van der Waals surface area contributed by atoms with Crippen LogP contribution in [0.2, 0.25) is 0 Å². The molecule has 0 unspecified atom stereocenters. The predicted octanol–water partition coefficient (Wildman–Crippen LogP) is 4.31. The van der Waals surface area contributed by atoms with Crippen LogP contribution in [-0.2, 0) is 10.0 Å². The van der Waals surface area contributed by atoms with Crippen LogP contribution >= 0.6 is 0 Å². The average Bonchev–Trinajstić information content (AvgIpc) is 2.53. The Morgan fingerprint density at radius 2 is 1.64 bits per heavy atom. The second kappa shape index (κ2) is 7.31. The van der Waals surface area contributed by atoms with Crippen LogP contribution in [0, 0.1) is 27.7 Å². The fourth-order valence-electron chi connectivity index (χ4n) is 3.13. The van der Waals surface area contributed by atoms with Gasteiger partial charge in [-0.25, -0.2) is 8.42 Å². The molecule has 2 aromatic carbocycles. The first-order valence-corrected chi connectivity index (χ1v) is 9.52. The SMILES string of the molecule is C=CCN(c1c(C)cc(C)cc1C)S(=O)(=O)c1ccc(OC)c(C)c1. The summed E-state index contributed by atoms with van der Waals surface area (Å²) < 4.78 is 33.3. The molecule has 0 aliphatic heterocycles. The van der Waals surface area contributed by atoms with Crippen LogP contribution in [0.15, 0.2) is 47.9 Å². The van der Waals surface area contributed by atoms with Gasteiger partial charge in [0.1, 0.15) is 5.75 Å². The van der Waals surface area contributed by atoms with Gasteiger partial charge in [0, 0.05) is 0 Å². The van der Waals surface area contributed by atoms with Crippen LogP contribution in [0.25, 0.3) is 0 Å². The Balaban J connectivity index is 2.64. The molecule has 0 saturated heterocycles. The number of sulfonamides is 1. The van der Waals surface area contributed by atoms with Crippen molar-refractivity contribution in [3.8, 4) is 5.75 Å². The zero-order chi connectivity index (χ0) is 18.8. The van der Waals surface area contributed by atoms with Crippen molar-refractivity contribution < 1.29 is 13.2 Å². The van der Waals surface area contributed by atoms with Crippen molar-refractivity contribution in [1.29, 1.82) is 0 Å². The van der Waals surface area contributed by atoms with Gasteiger partial charge < -0.3 is 4.74 Å². The number of methoxy groups -OCH3 is 1. The standard InChI is InChI=1S/C20H25NO3S/c1-7-10-21(20-16(4)11-14(2)12-17(20)5)25(22,23)18-8-9-19(24-6)15(3)13-18/h7-9,11-13H,1,10H2,2-6H3. The molecule has 0 fully saturated rings. The molecule has 0 aliphatic rings. The van der Waals surface area contributed by atoms with Crippen LogP contribution in [0.1, 0.15) is 22.3 Å². The van der Waals surface area contributed by atoms with Crippen molar-refractivity contribution in [2.24, 2.45) is 0 Å². The van der Waals surface area contributed by atoms with Gasteiger partial charge >= 0.3 is 0 Å². The first kappa shape index (κ1) is 19.1. The second-order valence-electron chi connectivity index (χ2n) is 6.20. The molecule has 2 aromatic rings. The van der Waals surface area contributed by atoms with Crippen LogP contribution in [0.5, 0.6) is 5.75 Å². The number of benzene rings is 2. The van der Waals surface area contributed by atoms with E-state index >= 15 is 0 Å². The fourth-order valence-corrected chi connectivity index (χ4v) is 4.78. The number of anilines is 1. The molecule has 0 spiro atoms. The molecule has 0 radical (unpaired) electrons. The first-order chi connectivity index (χ1) is 11.7. The molecule has 0 aliphatic carbocycles. The minimum atomic E-state index is -3.72. The Morgan fingerprint density at radius 1 is 1.04 bits per heavy atom. The summed E-state index contributed by atoms with van der Waals surface area (Å²) in [6.45, 7) is 11.6. The Bertz CT molecular complexity index is 878. The van der Waals surface area contributed by atoms with Gasteiger partial charge in [-0.05, 0) is 62.6 Å². The highest BCUT2D eigenvalue weighted by Crippen LogP contribution is 2.32. The number of hydrogen-bond acceptors (Lipinski definition) is 3. The minimum absolute atomic E-state index is 0.206. The monoisotopic (exact) mass is 359 g/mol. The lowest BCUT2D eigenvalue weighted by atomic mass is 10.1. The maximum atomic E-state index is 13.3. The summed E-state index contributed by atoms with van der Waals surface area (Å²) in [6.07, 6.45) is 1.60. The quantitative estimate of drug-likeness (QED) is 0.722. The third kappa shape index (κ3) is 3.71. The van der Waals surface area contributed by atoms with Crippen molar-refractivity contribution in [2.75, 3.05) is 18.0 Å². The number of hydrogen-bond donors (Lipinski definition) is 0. The zero-order valence-electron chi connectivity index (χ0n) is 15.5. The molecular formula is C20H25NO3S. The number of aryl methyl sites for hydroxylation is 4. The lowest BCUT2D eigenvalue weighted by Crippen LogP contribution is -2.32. The summed E-state index contributed by atoms with van der Waals surface area (Å²) >= 11 is 0. The van der Waals surface area contributed by atoms with Crippen molar-refractivity contribution >= 4 is 15.7 Å². The van der Waals surface area contributed by atoms with Gasteiger partial charge in [0.15, 0.2) is 0 Å². The lowest BCUT2D eigenvalue weighted by Gasteiger charge is -2.27. The van der Waals surface area contributed by atoms with Crippen LogP contribution in [-0.4, -0.2) is 22.1 Å². The van der Waals surface area contributed by atoms with E-state index < -0.39 is 10.0 Å². The fraction of sp³-hybridized carbons (Fsp3) is 0.300. The Morgan fingerprint density at radius 3 is 2.12 bits per heavy atom. The van der Waals surface area contributed by atoms with E-state index in [2.05, 4.69) is 6.58 Å². The molecule has 25 heavy (non-hydrogen) atoms. The molecule has 0 N–H and O–H groups in total. The third-order valence-electron chi connectivity index (χ3n) is 4.13. The molecule has 0 heterocycles. The molecule has 0 aromatic heterocycles. The van der Waals surface area contributed by atoms with E-state index in [4.69, 9.17) is 4.74 Å². The Labute approximate surface area is 150 Å². The van der Waals surface area contributed by atoms with Gasteiger partial charge in [-0.3, -0.25) is 4.31 Å². The highest BCUT2D eigenvalue weighted by atomic mass is 32.2. The summed E-state index contributed by atoms with van der Waals surface area (Å²) in [5.74, 6) is 0.664. The van der Waals surface area contributed by atoms with E-state index in [0.29, 0.717) is 11.4 Å². The van der Waals surface area contributed by atoms with Crippen LogP contribution < -0.4 is 9.04 Å². The summed E-state index contributed by atoms with van der Waals surface area (Å²) in [6, 6.07) is 8.89. The first-order valence-electron chi connectivity index (χ1n) is 8.08. The Hall–Kier alpha value is -2.27. The molecule has 134 valence electrons. The normalized spacial score (nSPS) is 11.2. The summed E-state index contributed by atoms with van der Waals surface area (Å²) in [4.78, 5) is 0.243. The topological polar surface area (TPSA) is 46.6 Å². The molecule has 2 rings (SSSR count). The average molecular weight is 359 g/mol. The lowest BCUT2D eigenvalue weighted by molar-refractivity contribution is 0.411. The molecule has 0 atom stereocenters. The second-order valence-corrected chi connectivity index (χ2v) is 8.07. The van der Waals surface area contributed by atoms with Crippen LogP contribution in [0.4, 0.5) is 5.69 Å². The number of ether oxygens (including phenoxy) is 1. The molecule has 0 saturated carbocycles. The molecule has 5 heteroatoms. The van der Waals surface area contributed by atoms with E-state index in [1.54, 1.807) is 31.4 Å². The predicted molar refractivity (Wildman–Crippen MR) is 103 cm³/mol. The Kier molecular flexibility index (Phi) is 5.58. The summed E-state index contributed by atoms with van der Waals surface area (Å²) in [5, 5.41) is 0. The third-order valence-corrected chi connectivity index (χ3v) is 5.90. The van der Waals surface area contributed by atoms with E-state index in [1.807, 2.05) is 39.8 Å². The summed E-state index contributed by atoms with van der Waals surface area (Å²) in [5.41, 5.74) is 4.44. The van der Waals surface area contributed by atoms with Gasteiger partial charge in [-0.2, -0.15) is 0 Å². The maximum absolute atomic E-state index is 13.3. The van der Waals surface area contributed by atoms with Crippen LogP contribution in [0.3, 0.4) is 0 Å². The maximum Gasteiger partial charge on any atom is 0.264 e.